The van der Waals surface area contributed by atoms with E-state index >= 15 is 0 Å². The molecule has 12 N–H and O–H groups in total. The van der Waals surface area contributed by atoms with E-state index in [0.29, 0.717) is 25.8 Å². The van der Waals surface area contributed by atoms with Crippen molar-refractivity contribution in [3.05, 3.63) is 108 Å². The molecular weight excluding hydrogens is 765 g/mol. The number of nitrogens with two attached hydrogens (primary N) is 3. The van der Waals surface area contributed by atoms with Gasteiger partial charge in [-0.15, -0.1) is 0 Å². The predicted molar refractivity (Wildman–Crippen MR) is 228 cm³/mol. The lowest BCUT2D eigenvalue weighted by molar-refractivity contribution is -0.139. The number of aromatic amines is 2. The molecule has 3 aromatic carbocycles. The van der Waals surface area contributed by atoms with Crippen LogP contribution >= 0.6 is 0 Å². The first-order chi connectivity index (χ1) is 28.9. The Bertz CT molecular complexity index is 2310. The van der Waals surface area contributed by atoms with Crippen molar-refractivity contribution in [2.75, 3.05) is 13.1 Å². The summed E-state index contributed by atoms with van der Waals surface area (Å²) < 4.78 is 0. The van der Waals surface area contributed by atoms with Crippen molar-refractivity contribution in [1.82, 2.24) is 36.1 Å². The van der Waals surface area contributed by atoms with Crippen LogP contribution in [0.1, 0.15) is 49.3 Å². The second-order valence-corrected chi connectivity index (χ2v) is 15.4. The van der Waals surface area contributed by atoms with E-state index in [0.717, 1.165) is 38.5 Å². The van der Waals surface area contributed by atoms with E-state index in [1.165, 1.54) is 11.8 Å². The average Bonchev–Trinajstić information content (AvgIpc) is 3.95. The minimum Gasteiger partial charge on any atom is -0.368 e. The average molecular weight is 819 g/mol. The first kappa shape index (κ1) is 43.1. The number of likely N-dealkylation sites (tertiary alicyclic amines) is 1. The van der Waals surface area contributed by atoms with Crippen LogP contribution in [0.3, 0.4) is 0 Å². The molecule has 2 aromatic heterocycles. The van der Waals surface area contributed by atoms with Gasteiger partial charge in [0.2, 0.25) is 35.4 Å². The van der Waals surface area contributed by atoms with Crippen molar-refractivity contribution in [1.29, 1.82) is 0 Å². The van der Waals surface area contributed by atoms with Gasteiger partial charge in [-0.2, -0.15) is 0 Å². The van der Waals surface area contributed by atoms with E-state index in [1.54, 1.807) is 24.5 Å². The van der Waals surface area contributed by atoms with Gasteiger partial charge in [-0.05, 0) is 68.0 Å². The molecule has 1 saturated heterocycles. The zero-order chi connectivity index (χ0) is 42.8. The van der Waals surface area contributed by atoms with Gasteiger partial charge in [0.15, 0.2) is 0 Å². The monoisotopic (exact) mass is 818 g/mol. The summed E-state index contributed by atoms with van der Waals surface area (Å²) in [5, 5.41) is 12.9. The Morgan fingerprint density at radius 2 is 1.25 bits per heavy atom. The smallest absolute Gasteiger partial charge is 0.243 e. The number of carbonyl (C=O) groups is 6. The number of carbonyl (C=O) groups excluding carboxylic acids is 6. The number of hydrogen-bond donors (Lipinski definition) is 9. The third-order valence-corrected chi connectivity index (χ3v) is 11.1. The quantitative estimate of drug-likeness (QED) is 0.0514. The van der Waals surface area contributed by atoms with Gasteiger partial charge in [0.1, 0.15) is 30.2 Å². The SMILES string of the molecule is C[C@H](NC(=O)[C@@H](Cc1c[nH]c2ccccc12)N1CC[C@H](N)C1=O)C(=O)N[C@@H](Cc1c[nH]c2ccccc12)C(=O)N[C@H](Cc1ccccc1)C(=O)N[C@@H](CCCCN)C(N)=O. The molecule has 6 amide bonds. The number of rotatable bonds is 20. The Morgan fingerprint density at radius 1 is 0.700 bits per heavy atom. The Kier molecular flexibility index (Phi) is 14.3. The molecule has 6 atom stereocenters. The van der Waals surface area contributed by atoms with Gasteiger partial charge in [0.25, 0.3) is 0 Å². The normalized spacial score (nSPS) is 16.5. The van der Waals surface area contributed by atoms with E-state index in [4.69, 9.17) is 17.2 Å². The summed E-state index contributed by atoms with van der Waals surface area (Å²) in [4.78, 5) is 89.7. The maximum atomic E-state index is 14.4. The van der Waals surface area contributed by atoms with Crippen LogP contribution < -0.4 is 38.5 Å². The van der Waals surface area contributed by atoms with Gasteiger partial charge in [0, 0.05) is 60.0 Å². The lowest BCUT2D eigenvalue weighted by atomic mass is 10.0. The lowest BCUT2D eigenvalue weighted by Gasteiger charge is -2.29. The summed E-state index contributed by atoms with van der Waals surface area (Å²) >= 11 is 0. The standard InChI is InChI=1S/C44H54N10O6/c1-26(50-43(59)38(54-20-18-32(46)44(54)60)23-29-25-49-34-16-8-6-14-31(29)34)40(56)52-37(22-28-24-48-33-15-7-5-13-30(28)33)42(58)53-36(21-27-11-3-2-4-12-27)41(57)51-35(39(47)55)17-9-10-19-45/h2-8,11-16,24-26,32,35-38,48-49H,9-10,17-23,45-46H2,1H3,(H2,47,55)(H,50,59)(H,51,57)(H,52,56)(H,53,58)/t26-,32-,35-,36+,37-,38+/m0/s1. The molecule has 6 rings (SSSR count). The van der Waals surface area contributed by atoms with Gasteiger partial charge in [0.05, 0.1) is 6.04 Å². The van der Waals surface area contributed by atoms with Crippen LogP contribution in [0, 0.1) is 0 Å². The highest BCUT2D eigenvalue weighted by Crippen LogP contribution is 2.24. The van der Waals surface area contributed by atoms with Gasteiger partial charge in [-0.3, -0.25) is 28.8 Å². The number of unbranched alkanes of at least 4 members (excludes halogenated alkanes) is 1. The summed E-state index contributed by atoms with van der Waals surface area (Å²) in [6, 6.07) is 18.0. The molecule has 0 aliphatic carbocycles. The van der Waals surface area contributed by atoms with E-state index < -0.39 is 65.8 Å². The van der Waals surface area contributed by atoms with Crippen molar-refractivity contribution in [3.63, 3.8) is 0 Å². The Labute approximate surface area is 347 Å². The largest absolute Gasteiger partial charge is 0.368 e. The van der Waals surface area contributed by atoms with Crippen molar-refractivity contribution >= 4 is 57.2 Å². The Hall–Kier alpha value is -6.52. The van der Waals surface area contributed by atoms with Crippen molar-refractivity contribution in [2.45, 2.75) is 88.1 Å². The zero-order valence-electron chi connectivity index (χ0n) is 33.6. The van der Waals surface area contributed by atoms with Crippen molar-refractivity contribution in [2.24, 2.45) is 17.2 Å². The molecule has 0 bridgehead atoms. The van der Waals surface area contributed by atoms with Gasteiger partial charge >= 0.3 is 0 Å². The molecule has 3 heterocycles. The Balaban J connectivity index is 1.23. The number of benzene rings is 3. The fourth-order valence-electron chi connectivity index (χ4n) is 7.67. The molecular formula is C44H54N10O6. The first-order valence-electron chi connectivity index (χ1n) is 20.3. The number of fused-ring (bicyclic) bond motifs is 2. The summed E-state index contributed by atoms with van der Waals surface area (Å²) in [6.07, 6.45) is 5.67. The highest BCUT2D eigenvalue weighted by Gasteiger charge is 2.39. The second kappa shape index (κ2) is 20.0. The minimum atomic E-state index is -1.22. The third kappa shape index (κ3) is 10.6. The van der Waals surface area contributed by atoms with Crippen LogP contribution in [-0.4, -0.2) is 99.7 Å². The fraction of sp³-hybridized carbons (Fsp3) is 0.364. The molecule has 1 aliphatic heterocycles. The fourth-order valence-corrected chi connectivity index (χ4v) is 7.67. The van der Waals surface area contributed by atoms with Crippen molar-refractivity contribution < 1.29 is 28.8 Å². The van der Waals surface area contributed by atoms with Crippen LogP contribution in [0.2, 0.25) is 0 Å². The summed E-state index contributed by atoms with van der Waals surface area (Å²) in [7, 11) is 0. The van der Waals surface area contributed by atoms with Gasteiger partial charge < -0.3 is 53.3 Å². The van der Waals surface area contributed by atoms with E-state index in [2.05, 4.69) is 31.2 Å². The number of nitrogens with one attached hydrogen (secondary N) is 6. The predicted octanol–water partition coefficient (Wildman–Crippen LogP) is 1.18. The minimum absolute atomic E-state index is 0.0221. The van der Waals surface area contributed by atoms with E-state index in [-0.39, 0.29) is 38.1 Å². The Morgan fingerprint density at radius 3 is 1.83 bits per heavy atom. The zero-order valence-corrected chi connectivity index (χ0v) is 33.6. The highest BCUT2D eigenvalue weighted by molar-refractivity contribution is 5.97. The maximum Gasteiger partial charge on any atom is 0.243 e. The number of H-pyrrole nitrogens is 2. The van der Waals surface area contributed by atoms with E-state index in [1.807, 2.05) is 66.7 Å². The molecule has 1 aliphatic rings. The molecule has 60 heavy (non-hydrogen) atoms. The molecule has 0 spiro atoms. The summed E-state index contributed by atoms with van der Waals surface area (Å²) in [5.74, 6) is -3.59. The molecule has 316 valence electrons. The number of nitrogens with zero attached hydrogens (tertiary/aromatic N) is 1. The van der Waals surface area contributed by atoms with Crippen molar-refractivity contribution in [3.8, 4) is 0 Å². The molecule has 16 heteroatoms. The maximum absolute atomic E-state index is 14.4. The number of hydrogen-bond acceptors (Lipinski definition) is 8. The molecule has 5 aromatic rings. The topological polar surface area (TPSA) is 263 Å². The molecule has 16 nitrogen and oxygen atoms in total. The molecule has 1 fully saturated rings. The second-order valence-electron chi connectivity index (χ2n) is 15.4. The van der Waals surface area contributed by atoms with Crippen LogP contribution in [0.4, 0.5) is 0 Å². The molecule has 0 saturated carbocycles. The number of amides is 6. The van der Waals surface area contributed by atoms with E-state index in [9.17, 15) is 28.8 Å². The highest BCUT2D eigenvalue weighted by atomic mass is 16.2. The number of aromatic nitrogens is 2. The summed E-state index contributed by atoms with van der Waals surface area (Å²) in [6.45, 7) is 2.18. The first-order valence-corrected chi connectivity index (χ1v) is 20.3. The molecule has 0 unspecified atom stereocenters. The number of para-hydroxylation sites is 2. The van der Waals surface area contributed by atoms with Crippen LogP contribution in [0.15, 0.2) is 91.3 Å². The summed E-state index contributed by atoms with van der Waals surface area (Å²) in [5.41, 5.74) is 21.3. The lowest BCUT2D eigenvalue weighted by Crippen LogP contribution is -2.59. The van der Waals surface area contributed by atoms with Gasteiger partial charge in [-0.1, -0.05) is 66.7 Å². The number of primary amides is 1. The van der Waals surface area contributed by atoms with Crippen LogP contribution in [0.5, 0.6) is 0 Å². The molecule has 0 radical (unpaired) electrons. The van der Waals surface area contributed by atoms with Gasteiger partial charge in [-0.25, -0.2) is 0 Å². The third-order valence-electron chi connectivity index (χ3n) is 11.1. The van der Waals surface area contributed by atoms with Crippen LogP contribution in [-0.2, 0) is 48.0 Å². The van der Waals surface area contributed by atoms with Crippen LogP contribution in [0.25, 0.3) is 21.8 Å².